The lowest BCUT2D eigenvalue weighted by Crippen LogP contribution is -2.21. The number of aromatic nitrogens is 3. The van der Waals surface area contributed by atoms with Crippen molar-refractivity contribution in [3.63, 3.8) is 0 Å². The van der Waals surface area contributed by atoms with E-state index in [1.54, 1.807) is 12.1 Å². The van der Waals surface area contributed by atoms with Crippen LogP contribution in [0, 0.1) is 17.5 Å². The van der Waals surface area contributed by atoms with Crippen molar-refractivity contribution in [3.05, 3.63) is 106 Å². The Balaban J connectivity index is 1.53. The van der Waals surface area contributed by atoms with E-state index in [1.165, 1.54) is 18.3 Å². The van der Waals surface area contributed by atoms with E-state index in [1.807, 2.05) is 0 Å². The molecule has 7 nitrogen and oxygen atoms in total. The number of primary amides is 1. The summed E-state index contributed by atoms with van der Waals surface area (Å²) < 4.78 is 84.4. The van der Waals surface area contributed by atoms with Gasteiger partial charge < -0.3 is 5.73 Å². The van der Waals surface area contributed by atoms with Crippen molar-refractivity contribution in [2.24, 2.45) is 5.73 Å². The van der Waals surface area contributed by atoms with Gasteiger partial charge in [0.15, 0.2) is 11.5 Å². The van der Waals surface area contributed by atoms with E-state index in [4.69, 9.17) is 5.73 Å². The second-order valence-corrected chi connectivity index (χ2v) is 10.6. The Hall–Kier alpha value is -4.81. The second kappa shape index (κ2) is 12.1. The smallest absolute Gasteiger partial charge is 0.366 e. The number of fused-ring (bicyclic) bond motifs is 1. The topological polar surface area (TPSA) is 108 Å². The Bertz CT molecular complexity index is 1760. The summed E-state index contributed by atoms with van der Waals surface area (Å²) in [7, 11) is 0. The maximum atomic E-state index is 14.2. The Morgan fingerprint density at radius 2 is 1.73 bits per heavy atom. The van der Waals surface area contributed by atoms with E-state index in [2.05, 4.69) is 10.1 Å². The van der Waals surface area contributed by atoms with Crippen LogP contribution in [-0.4, -0.2) is 32.2 Å². The molecule has 0 aliphatic heterocycles. The highest BCUT2D eigenvalue weighted by Crippen LogP contribution is 2.36. The maximum absolute atomic E-state index is 14.2. The van der Waals surface area contributed by atoms with Crippen LogP contribution in [0.3, 0.4) is 0 Å². The SMILES string of the molecule is NC(=O)c1cc(-c2cccnc2[C@@H](CC(=O)Cn2nc(C(F)(F)F)c3c2CC(=O)CC3)Cc2cc(F)cc(F)c2)ccc1F. The number of carbonyl (C=O) groups is 3. The summed E-state index contributed by atoms with van der Waals surface area (Å²) in [5, 5.41) is 3.65. The van der Waals surface area contributed by atoms with Crippen LogP contribution in [0.4, 0.5) is 26.3 Å². The molecule has 0 bridgehead atoms. The number of benzene rings is 2. The van der Waals surface area contributed by atoms with Crippen LogP contribution in [0.25, 0.3) is 11.1 Å². The third kappa shape index (κ3) is 6.56. The van der Waals surface area contributed by atoms with E-state index in [0.29, 0.717) is 17.2 Å². The van der Waals surface area contributed by atoms with Gasteiger partial charge in [0, 0.05) is 48.6 Å². The molecule has 0 spiro atoms. The van der Waals surface area contributed by atoms with Crippen molar-refractivity contribution in [3.8, 4) is 11.1 Å². The van der Waals surface area contributed by atoms with Gasteiger partial charge in [0.1, 0.15) is 23.2 Å². The van der Waals surface area contributed by atoms with Crippen LogP contribution in [-0.2, 0) is 41.6 Å². The van der Waals surface area contributed by atoms with Gasteiger partial charge in [0.2, 0.25) is 0 Å². The molecule has 2 N–H and O–H groups in total. The number of alkyl halides is 3. The Morgan fingerprint density at radius 3 is 2.41 bits per heavy atom. The van der Waals surface area contributed by atoms with Crippen LogP contribution in [0.5, 0.6) is 0 Å². The normalized spacial score (nSPS) is 13.9. The molecule has 0 saturated heterocycles. The van der Waals surface area contributed by atoms with Gasteiger partial charge in [-0.05, 0) is 54.3 Å². The molecule has 13 heteroatoms. The molecule has 2 aromatic carbocycles. The van der Waals surface area contributed by atoms with E-state index in [-0.39, 0.29) is 60.4 Å². The minimum Gasteiger partial charge on any atom is -0.366 e. The second-order valence-electron chi connectivity index (χ2n) is 10.6. The van der Waals surface area contributed by atoms with Crippen LogP contribution < -0.4 is 5.73 Å². The summed E-state index contributed by atoms with van der Waals surface area (Å²) in [6.07, 6.45) is -4.35. The predicted molar refractivity (Wildman–Crippen MR) is 145 cm³/mol. The van der Waals surface area contributed by atoms with Gasteiger partial charge in [-0.3, -0.25) is 24.0 Å². The molecule has 0 unspecified atom stereocenters. The molecule has 228 valence electrons. The summed E-state index contributed by atoms with van der Waals surface area (Å²) in [6, 6.07) is 9.61. The minimum absolute atomic E-state index is 0.0227. The minimum atomic E-state index is -4.79. The van der Waals surface area contributed by atoms with Gasteiger partial charge in [-0.25, -0.2) is 13.2 Å². The van der Waals surface area contributed by atoms with Crippen LogP contribution in [0.2, 0.25) is 0 Å². The first-order chi connectivity index (χ1) is 20.8. The number of halogens is 6. The number of pyridine rings is 1. The summed E-state index contributed by atoms with van der Waals surface area (Å²) in [5.74, 6) is -5.33. The van der Waals surface area contributed by atoms with E-state index in [0.717, 1.165) is 22.9 Å². The molecule has 5 rings (SSSR count). The van der Waals surface area contributed by atoms with Gasteiger partial charge in [0.05, 0.1) is 23.5 Å². The zero-order chi connectivity index (χ0) is 31.8. The quantitative estimate of drug-likeness (QED) is 0.250. The molecule has 1 atom stereocenters. The molecule has 0 radical (unpaired) electrons. The predicted octanol–water partition coefficient (Wildman–Crippen LogP) is 5.52. The Kier molecular flexibility index (Phi) is 8.40. The first-order valence-corrected chi connectivity index (χ1v) is 13.5. The highest BCUT2D eigenvalue weighted by molar-refractivity contribution is 5.94. The number of hydrogen-bond acceptors (Lipinski definition) is 5. The summed E-state index contributed by atoms with van der Waals surface area (Å²) in [6.45, 7) is -0.593. The molecule has 1 amide bonds. The largest absolute Gasteiger partial charge is 0.435 e. The van der Waals surface area contributed by atoms with Crippen molar-refractivity contribution in [1.29, 1.82) is 0 Å². The van der Waals surface area contributed by atoms with Gasteiger partial charge >= 0.3 is 6.18 Å². The molecule has 0 saturated carbocycles. The fraction of sp³-hybridized carbons (Fsp3) is 0.258. The van der Waals surface area contributed by atoms with Crippen LogP contribution in [0.15, 0.2) is 54.7 Å². The average Bonchev–Trinajstić information content (AvgIpc) is 3.30. The average molecular weight is 615 g/mol. The number of rotatable bonds is 9. The van der Waals surface area contributed by atoms with Crippen molar-refractivity contribution in [2.45, 2.75) is 50.7 Å². The highest BCUT2D eigenvalue weighted by Gasteiger charge is 2.40. The van der Waals surface area contributed by atoms with Gasteiger partial charge in [-0.2, -0.15) is 18.3 Å². The zero-order valence-corrected chi connectivity index (χ0v) is 22.9. The summed E-state index contributed by atoms with van der Waals surface area (Å²) in [5.41, 5.74) is 4.78. The summed E-state index contributed by atoms with van der Waals surface area (Å²) in [4.78, 5) is 41.7. The number of Topliss-reactive ketones (excluding diaryl/α,β-unsaturated/α-hetero) is 2. The number of hydrogen-bond donors (Lipinski definition) is 1. The Labute approximate surface area is 246 Å². The van der Waals surface area contributed by atoms with Gasteiger partial charge in [-0.15, -0.1) is 0 Å². The standard InChI is InChI=1S/C31H24F6N4O3/c32-19-9-16(10-20(33)13-19)8-18(28-23(2-1-7-39-28)17-3-6-26(34)25(12-17)30(38)44)11-22(43)15-41-27-14-21(42)4-5-24(27)29(40-41)31(35,36)37/h1-3,6-7,9-10,12-13,18H,4-5,8,11,14-15H2,(H2,38,44)/t18-/m1/s1. The number of nitrogens with two attached hydrogens (primary N) is 1. The fourth-order valence-electron chi connectivity index (χ4n) is 5.55. The molecule has 4 aromatic rings. The van der Waals surface area contributed by atoms with E-state index < -0.39 is 59.0 Å². The lowest BCUT2D eigenvalue weighted by Gasteiger charge is -2.20. The molecule has 44 heavy (non-hydrogen) atoms. The molecule has 1 aliphatic carbocycles. The molecular formula is C31H24F6N4O3. The lowest BCUT2D eigenvalue weighted by atomic mass is 9.86. The number of amides is 1. The van der Waals surface area contributed by atoms with Crippen LogP contribution >= 0.6 is 0 Å². The number of ketones is 2. The van der Waals surface area contributed by atoms with Gasteiger partial charge in [-0.1, -0.05) is 12.1 Å². The molecule has 0 fully saturated rings. The monoisotopic (exact) mass is 614 g/mol. The van der Waals surface area contributed by atoms with Gasteiger partial charge in [0.25, 0.3) is 5.91 Å². The van der Waals surface area contributed by atoms with Crippen molar-refractivity contribution in [1.82, 2.24) is 14.8 Å². The van der Waals surface area contributed by atoms with E-state index in [9.17, 15) is 40.7 Å². The summed E-state index contributed by atoms with van der Waals surface area (Å²) >= 11 is 0. The van der Waals surface area contributed by atoms with Crippen molar-refractivity contribution in [2.75, 3.05) is 0 Å². The van der Waals surface area contributed by atoms with Crippen LogP contribution in [0.1, 0.15) is 57.3 Å². The Morgan fingerprint density at radius 1 is 1.00 bits per heavy atom. The maximum Gasteiger partial charge on any atom is 0.435 e. The lowest BCUT2D eigenvalue weighted by molar-refractivity contribution is -0.142. The number of carbonyl (C=O) groups excluding carboxylic acids is 3. The third-order valence-electron chi connectivity index (χ3n) is 7.43. The zero-order valence-electron chi connectivity index (χ0n) is 22.9. The molecule has 2 aromatic heterocycles. The first kappa shape index (κ1) is 30.6. The number of nitrogens with zero attached hydrogens (tertiary/aromatic N) is 3. The molecule has 1 aliphatic rings. The molecular weight excluding hydrogens is 590 g/mol. The highest BCUT2D eigenvalue weighted by atomic mass is 19.4. The third-order valence-corrected chi connectivity index (χ3v) is 7.43. The fourth-order valence-corrected chi connectivity index (χ4v) is 5.55. The first-order valence-electron chi connectivity index (χ1n) is 13.5. The molecule has 2 heterocycles. The van der Waals surface area contributed by atoms with Crippen molar-refractivity contribution >= 4 is 17.5 Å². The van der Waals surface area contributed by atoms with E-state index >= 15 is 0 Å². The van der Waals surface area contributed by atoms with Crippen molar-refractivity contribution < 1.29 is 40.7 Å².